The van der Waals surface area contributed by atoms with E-state index in [1.165, 1.54) is 11.8 Å². The summed E-state index contributed by atoms with van der Waals surface area (Å²) in [6.45, 7) is 4.15. The molecule has 0 saturated carbocycles. The number of benzene rings is 2. The molecule has 0 aliphatic carbocycles. The Morgan fingerprint density at radius 2 is 1.82 bits per heavy atom. The van der Waals surface area contributed by atoms with E-state index in [2.05, 4.69) is 50.6 Å². The van der Waals surface area contributed by atoms with Crippen LogP contribution in [-0.2, 0) is 23.1 Å². The van der Waals surface area contributed by atoms with Gasteiger partial charge in [0.1, 0.15) is 5.82 Å². The maximum absolute atomic E-state index is 12.5. The summed E-state index contributed by atoms with van der Waals surface area (Å²) in [4.78, 5) is 24.9. The van der Waals surface area contributed by atoms with E-state index in [9.17, 15) is 9.59 Å². The van der Waals surface area contributed by atoms with Gasteiger partial charge < -0.3 is 15.2 Å². The molecule has 1 heterocycles. The number of thioether (sulfide) groups is 1. The third-order valence-corrected chi connectivity index (χ3v) is 6.94. The lowest BCUT2D eigenvalue weighted by Crippen LogP contribution is -2.17. The van der Waals surface area contributed by atoms with E-state index in [0.29, 0.717) is 26.7 Å². The average molecular weight is 571 g/mol. The molecule has 2 amide bonds. The number of anilines is 2. The molecule has 11 heteroatoms. The topological polar surface area (TPSA) is 88.9 Å². The van der Waals surface area contributed by atoms with Crippen LogP contribution in [0.15, 0.2) is 46.0 Å². The molecule has 0 bridgehead atoms. The first kappa shape index (κ1) is 25.6. The van der Waals surface area contributed by atoms with Gasteiger partial charge in [-0.25, -0.2) is 0 Å². The lowest BCUT2D eigenvalue weighted by molar-refractivity contribution is -0.116. The normalized spacial score (nSPS) is 11.0. The van der Waals surface area contributed by atoms with Crippen molar-refractivity contribution < 1.29 is 9.59 Å². The molecule has 0 atom stereocenters. The molecule has 0 unspecified atom stereocenters. The van der Waals surface area contributed by atoms with Crippen molar-refractivity contribution in [3.63, 3.8) is 0 Å². The lowest BCUT2D eigenvalue weighted by Gasteiger charge is -2.14. The Labute approximate surface area is 214 Å². The second-order valence-electron chi connectivity index (χ2n) is 7.53. The van der Waals surface area contributed by atoms with Gasteiger partial charge in [0.05, 0.1) is 22.2 Å². The summed E-state index contributed by atoms with van der Waals surface area (Å²) in [5.41, 5.74) is 2.38. The summed E-state index contributed by atoms with van der Waals surface area (Å²) in [7, 11) is 1.76. The van der Waals surface area contributed by atoms with Crippen LogP contribution in [0.1, 0.15) is 31.2 Å². The van der Waals surface area contributed by atoms with Crippen molar-refractivity contribution in [2.45, 2.75) is 31.3 Å². The number of aromatic nitrogens is 3. The van der Waals surface area contributed by atoms with E-state index in [4.69, 9.17) is 23.2 Å². The number of halogens is 3. The molecular formula is C22H22BrCl2N5O2S. The summed E-state index contributed by atoms with van der Waals surface area (Å²) in [6.07, 6.45) is 0.0210. The van der Waals surface area contributed by atoms with Crippen molar-refractivity contribution in [3.05, 3.63) is 62.3 Å². The number of hydrogen-bond acceptors (Lipinski definition) is 5. The minimum Gasteiger partial charge on any atom is -0.326 e. The van der Waals surface area contributed by atoms with Crippen molar-refractivity contribution in [1.29, 1.82) is 0 Å². The number of carbonyl (C=O) groups is 2. The van der Waals surface area contributed by atoms with E-state index in [1.807, 2.05) is 18.2 Å². The molecule has 1 aromatic heterocycles. The van der Waals surface area contributed by atoms with Gasteiger partial charge in [-0.2, -0.15) is 0 Å². The number of nitrogens with zero attached hydrogens (tertiary/aromatic N) is 3. The SMILES string of the molecule is CC(C)c1cc(Br)ccc1NC(=O)CSc1nnc(CC(=O)Nc2ccc(Cl)c(Cl)c2)n1C. The van der Waals surface area contributed by atoms with Crippen molar-refractivity contribution in [2.75, 3.05) is 16.4 Å². The average Bonchev–Trinajstić information content (AvgIpc) is 3.09. The first-order chi connectivity index (χ1) is 15.6. The molecule has 0 aliphatic rings. The fourth-order valence-corrected chi connectivity index (χ4v) is 4.40. The van der Waals surface area contributed by atoms with Crippen LogP contribution in [0, 0.1) is 0 Å². The maximum atomic E-state index is 12.5. The number of hydrogen-bond donors (Lipinski definition) is 2. The quantitative estimate of drug-likeness (QED) is 0.328. The van der Waals surface area contributed by atoms with E-state index >= 15 is 0 Å². The van der Waals surface area contributed by atoms with E-state index in [-0.39, 0.29) is 29.9 Å². The first-order valence-corrected chi connectivity index (χ1v) is 12.5. The zero-order valence-electron chi connectivity index (χ0n) is 18.2. The smallest absolute Gasteiger partial charge is 0.234 e. The van der Waals surface area contributed by atoms with Crippen LogP contribution in [0.4, 0.5) is 11.4 Å². The minimum absolute atomic E-state index is 0.0210. The van der Waals surface area contributed by atoms with Crippen LogP contribution in [0.5, 0.6) is 0 Å². The molecule has 0 spiro atoms. The number of carbonyl (C=O) groups excluding carboxylic acids is 2. The molecular weight excluding hydrogens is 549 g/mol. The van der Waals surface area contributed by atoms with E-state index in [0.717, 1.165) is 15.7 Å². The van der Waals surface area contributed by atoms with Gasteiger partial charge in [0, 0.05) is 22.9 Å². The Morgan fingerprint density at radius 3 is 2.52 bits per heavy atom. The Hall–Kier alpha value is -2.07. The molecule has 7 nitrogen and oxygen atoms in total. The molecule has 0 fully saturated rings. The molecule has 3 rings (SSSR count). The van der Waals surface area contributed by atoms with Crippen LogP contribution < -0.4 is 10.6 Å². The van der Waals surface area contributed by atoms with Crippen LogP contribution in [-0.4, -0.2) is 32.3 Å². The van der Waals surface area contributed by atoms with Crippen molar-refractivity contribution in [3.8, 4) is 0 Å². The zero-order valence-corrected chi connectivity index (χ0v) is 22.1. The predicted molar refractivity (Wildman–Crippen MR) is 137 cm³/mol. The van der Waals surface area contributed by atoms with Gasteiger partial charge in [0.15, 0.2) is 5.16 Å². The second-order valence-corrected chi connectivity index (χ2v) is 10.2. The standard InChI is InChI=1S/C22H22BrCl2N5O2S/c1-12(2)15-8-13(23)4-7-18(15)27-21(32)11-33-22-29-28-19(30(22)3)10-20(31)26-14-5-6-16(24)17(25)9-14/h4-9,12H,10-11H2,1-3H3,(H,26,31)(H,27,32). The van der Waals surface area contributed by atoms with Gasteiger partial charge in [-0.15, -0.1) is 10.2 Å². The highest BCUT2D eigenvalue weighted by Crippen LogP contribution is 2.28. The molecule has 0 aliphatic heterocycles. The molecule has 33 heavy (non-hydrogen) atoms. The zero-order chi connectivity index (χ0) is 24.1. The number of amides is 2. The van der Waals surface area contributed by atoms with E-state index in [1.54, 1.807) is 29.8 Å². The molecule has 0 saturated heterocycles. The third-order valence-electron chi connectivity index (χ3n) is 4.69. The number of rotatable bonds is 8. The van der Waals surface area contributed by atoms with Gasteiger partial charge in [-0.05, 0) is 47.9 Å². The summed E-state index contributed by atoms with van der Waals surface area (Å²) in [5.74, 6) is 0.489. The highest BCUT2D eigenvalue weighted by atomic mass is 79.9. The summed E-state index contributed by atoms with van der Waals surface area (Å²) in [6, 6.07) is 10.6. The van der Waals surface area contributed by atoms with Crippen LogP contribution >= 0.6 is 50.9 Å². The Kier molecular flexibility index (Phi) is 8.81. The molecule has 174 valence electrons. The van der Waals surface area contributed by atoms with Crippen molar-refractivity contribution >= 4 is 74.1 Å². The van der Waals surface area contributed by atoms with Crippen molar-refractivity contribution in [1.82, 2.24) is 14.8 Å². The highest BCUT2D eigenvalue weighted by molar-refractivity contribution is 9.10. The summed E-state index contributed by atoms with van der Waals surface area (Å²) in [5, 5.41) is 15.2. The molecule has 2 aromatic carbocycles. The van der Waals surface area contributed by atoms with E-state index < -0.39 is 0 Å². The predicted octanol–water partition coefficient (Wildman–Crippen LogP) is 5.92. The maximum Gasteiger partial charge on any atom is 0.234 e. The molecule has 0 radical (unpaired) electrons. The number of nitrogens with one attached hydrogen (secondary N) is 2. The van der Waals surface area contributed by atoms with Crippen LogP contribution in [0.2, 0.25) is 10.0 Å². The first-order valence-electron chi connectivity index (χ1n) is 9.99. The Morgan fingerprint density at radius 1 is 1.06 bits per heavy atom. The molecule has 3 aromatic rings. The highest BCUT2D eigenvalue weighted by Gasteiger charge is 2.16. The fourth-order valence-electron chi connectivity index (χ4n) is 2.99. The van der Waals surface area contributed by atoms with Crippen LogP contribution in [0.25, 0.3) is 0 Å². The van der Waals surface area contributed by atoms with Crippen molar-refractivity contribution in [2.24, 2.45) is 7.05 Å². The fraction of sp³-hybridized carbons (Fsp3) is 0.273. The third kappa shape index (κ3) is 6.96. The van der Waals surface area contributed by atoms with Gasteiger partial charge in [0.25, 0.3) is 0 Å². The Bertz CT molecular complexity index is 1190. The monoisotopic (exact) mass is 569 g/mol. The van der Waals surface area contributed by atoms with Crippen LogP contribution in [0.3, 0.4) is 0 Å². The minimum atomic E-state index is -0.269. The van der Waals surface area contributed by atoms with Gasteiger partial charge in [0.2, 0.25) is 11.8 Å². The van der Waals surface area contributed by atoms with Gasteiger partial charge >= 0.3 is 0 Å². The van der Waals surface area contributed by atoms with Gasteiger partial charge in [-0.3, -0.25) is 9.59 Å². The summed E-state index contributed by atoms with van der Waals surface area (Å²) < 4.78 is 2.67. The lowest BCUT2D eigenvalue weighted by atomic mass is 10.0. The molecule has 2 N–H and O–H groups in total. The second kappa shape index (κ2) is 11.4. The van der Waals surface area contributed by atoms with Gasteiger partial charge in [-0.1, -0.05) is 64.7 Å². The summed E-state index contributed by atoms with van der Waals surface area (Å²) >= 11 is 16.6. The Balaban J connectivity index is 1.57. The largest absolute Gasteiger partial charge is 0.326 e.